The molecule has 18 heavy (non-hydrogen) atoms. The predicted molar refractivity (Wildman–Crippen MR) is 70.4 cm³/mol. The maximum Gasteiger partial charge on any atom is 0.275 e. The highest BCUT2D eigenvalue weighted by molar-refractivity contribution is 6.04. The average Bonchev–Trinajstić information content (AvgIpc) is 2.71. The molecule has 0 atom stereocenters. The molecule has 1 N–H and O–H groups in total. The number of nitrogens with zero attached hydrogens (tertiary/aromatic N) is 3. The molecular formula is C13H18N4O. The fourth-order valence-electron chi connectivity index (χ4n) is 2.07. The largest absolute Gasteiger partial charge is 0.333 e. The van der Waals surface area contributed by atoms with Gasteiger partial charge in [-0.1, -0.05) is 0 Å². The molecule has 2 rings (SSSR count). The van der Waals surface area contributed by atoms with Gasteiger partial charge in [-0.15, -0.1) is 0 Å². The maximum atomic E-state index is 12.5. The number of carbonyl (C=O) groups is 1. The summed E-state index contributed by atoms with van der Waals surface area (Å²) in [5.41, 5.74) is 1.05. The molecule has 2 heterocycles. The molecule has 0 saturated heterocycles. The summed E-state index contributed by atoms with van der Waals surface area (Å²) >= 11 is 0. The lowest BCUT2D eigenvalue weighted by Crippen LogP contribution is -2.45. The summed E-state index contributed by atoms with van der Waals surface area (Å²) in [4.78, 5) is 18.4. The highest BCUT2D eigenvalue weighted by Gasteiger charge is 2.28. The number of aromatic nitrogens is 3. The Hall–Kier alpha value is -1.91. The zero-order valence-electron chi connectivity index (χ0n) is 11.2. The van der Waals surface area contributed by atoms with E-state index in [4.69, 9.17) is 0 Å². The van der Waals surface area contributed by atoms with Crippen molar-refractivity contribution >= 4 is 16.8 Å². The fraction of sp³-hybridized carbons (Fsp3) is 0.462. The van der Waals surface area contributed by atoms with Crippen LogP contribution in [0, 0.1) is 0 Å². The molecule has 1 amide bonds. The molecule has 0 unspecified atom stereocenters. The van der Waals surface area contributed by atoms with E-state index in [1.807, 2.05) is 33.8 Å². The lowest BCUT2D eigenvalue weighted by molar-refractivity contribution is 0.0594. The second-order valence-electron chi connectivity index (χ2n) is 5.21. The molecule has 0 aromatic carbocycles. The van der Waals surface area contributed by atoms with Crippen molar-refractivity contribution in [3.8, 4) is 0 Å². The number of H-pyrrole nitrogens is 1. The van der Waals surface area contributed by atoms with Gasteiger partial charge < -0.3 is 4.90 Å². The first-order chi connectivity index (χ1) is 8.45. The predicted octanol–water partition coefficient (Wildman–Crippen LogP) is 2.22. The highest BCUT2D eigenvalue weighted by atomic mass is 16.2. The minimum atomic E-state index is -0.223. The molecule has 0 radical (unpaired) electrons. The summed E-state index contributed by atoms with van der Waals surface area (Å²) in [6.07, 6.45) is 3.35. The second-order valence-corrected chi connectivity index (χ2v) is 5.21. The minimum absolute atomic E-state index is 0.0655. The Bertz CT molecular complexity index is 568. The van der Waals surface area contributed by atoms with Gasteiger partial charge in [-0.2, -0.15) is 5.10 Å². The van der Waals surface area contributed by atoms with Crippen LogP contribution in [-0.4, -0.2) is 38.1 Å². The smallest absolute Gasteiger partial charge is 0.275 e. The van der Waals surface area contributed by atoms with Gasteiger partial charge in [0.05, 0.1) is 10.9 Å². The van der Waals surface area contributed by atoms with Crippen LogP contribution < -0.4 is 0 Å². The molecule has 96 valence electrons. The number of hydrogen-bond donors (Lipinski definition) is 1. The number of pyridine rings is 1. The SMILES string of the molecule is CCN(C(=O)c1n[nH]c2ccncc12)C(C)(C)C. The topological polar surface area (TPSA) is 61.9 Å². The molecular weight excluding hydrogens is 228 g/mol. The molecule has 2 aromatic heterocycles. The van der Waals surface area contributed by atoms with Gasteiger partial charge in [0.2, 0.25) is 0 Å². The van der Waals surface area contributed by atoms with E-state index >= 15 is 0 Å². The van der Waals surface area contributed by atoms with Crippen LogP contribution in [0.3, 0.4) is 0 Å². The standard InChI is InChI=1S/C13H18N4O/c1-5-17(13(2,3)4)12(18)11-9-8-14-7-6-10(9)15-16-11/h6-8H,5H2,1-4H3,(H,15,16). The Kier molecular flexibility index (Phi) is 3.07. The van der Waals surface area contributed by atoms with Gasteiger partial charge in [0, 0.05) is 24.5 Å². The summed E-state index contributed by atoms with van der Waals surface area (Å²) in [7, 11) is 0. The van der Waals surface area contributed by atoms with Crippen molar-refractivity contribution in [2.45, 2.75) is 33.2 Å². The Morgan fingerprint density at radius 1 is 1.44 bits per heavy atom. The molecule has 2 aromatic rings. The van der Waals surface area contributed by atoms with Crippen LogP contribution in [0.4, 0.5) is 0 Å². The molecule has 0 spiro atoms. The Balaban J connectivity index is 2.45. The number of amides is 1. The van der Waals surface area contributed by atoms with Crippen molar-refractivity contribution in [1.29, 1.82) is 0 Å². The number of aromatic amines is 1. The minimum Gasteiger partial charge on any atom is -0.333 e. The lowest BCUT2D eigenvalue weighted by Gasteiger charge is -2.34. The fourth-order valence-corrected chi connectivity index (χ4v) is 2.07. The van der Waals surface area contributed by atoms with Crippen molar-refractivity contribution in [2.24, 2.45) is 0 Å². The number of fused-ring (bicyclic) bond motifs is 1. The molecule has 0 aliphatic rings. The number of carbonyl (C=O) groups excluding carboxylic acids is 1. The summed E-state index contributed by atoms with van der Waals surface area (Å²) in [6, 6.07) is 1.81. The summed E-state index contributed by atoms with van der Waals surface area (Å²) in [6.45, 7) is 8.66. The van der Waals surface area contributed by atoms with E-state index in [2.05, 4.69) is 15.2 Å². The van der Waals surface area contributed by atoms with E-state index in [1.165, 1.54) is 0 Å². The summed E-state index contributed by atoms with van der Waals surface area (Å²) in [5, 5.41) is 7.75. The normalized spacial score (nSPS) is 11.8. The van der Waals surface area contributed by atoms with Gasteiger partial charge in [0.15, 0.2) is 5.69 Å². The first-order valence-electron chi connectivity index (χ1n) is 6.05. The highest BCUT2D eigenvalue weighted by Crippen LogP contribution is 2.20. The molecule has 0 bridgehead atoms. The van der Waals surface area contributed by atoms with Crippen LogP contribution in [0.2, 0.25) is 0 Å². The van der Waals surface area contributed by atoms with E-state index in [0.717, 1.165) is 10.9 Å². The third-order valence-corrected chi connectivity index (χ3v) is 2.94. The molecule has 0 fully saturated rings. The molecule has 5 heteroatoms. The Morgan fingerprint density at radius 3 is 2.78 bits per heavy atom. The summed E-state index contributed by atoms with van der Waals surface area (Å²) in [5.74, 6) is -0.0655. The average molecular weight is 246 g/mol. The zero-order chi connectivity index (χ0) is 13.3. The van der Waals surface area contributed by atoms with Crippen LogP contribution in [0.15, 0.2) is 18.5 Å². The van der Waals surface area contributed by atoms with Crippen LogP contribution in [0.5, 0.6) is 0 Å². The van der Waals surface area contributed by atoms with E-state index in [0.29, 0.717) is 12.2 Å². The van der Waals surface area contributed by atoms with Crippen molar-refractivity contribution < 1.29 is 4.79 Å². The van der Waals surface area contributed by atoms with Gasteiger partial charge >= 0.3 is 0 Å². The van der Waals surface area contributed by atoms with Gasteiger partial charge in [-0.25, -0.2) is 0 Å². The van der Waals surface area contributed by atoms with E-state index in [1.54, 1.807) is 17.3 Å². The van der Waals surface area contributed by atoms with Gasteiger partial charge in [-0.05, 0) is 33.8 Å². The summed E-state index contributed by atoms with van der Waals surface area (Å²) < 4.78 is 0. The number of hydrogen-bond acceptors (Lipinski definition) is 3. The zero-order valence-corrected chi connectivity index (χ0v) is 11.2. The van der Waals surface area contributed by atoms with Crippen molar-refractivity contribution in [3.05, 3.63) is 24.2 Å². The first-order valence-corrected chi connectivity index (χ1v) is 6.05. The van der Waals surface area contributed by atoms with Gasteiger partial charge in [0.25, 0.3) is 5.91 Å². The van der Waals surface area contributed by atoms with Crippen molar-refractivity contribution in [3.63, 3.8) is 0 Å². The van der Waals surface area contributed by atoms with Crippen LogP contribution in [-0.2, 0) is 0 Å². The molecule has 0 aliphatic carbocycles. The Labute approximate surface area is 106 Å². The molecule has 5 nitrogen and oxygen atoms in total. The van der Waals surface area contributed by atoms with Gasteiger partial charge in [0.1, 0.15) is 0 Å². The molecule has 0 aliphatic heterocycles. The van der Waals surface area contributed by atoms with Crippen molar-refractivity contribution in [2.75, 3.05) is 6.54 Å². The monoisotopic (exact) mass is 246 g/mol. The number of rotatable bonds is 2. The van der Waals surface area contributed by atoms with Crippen LogP contribution in [0.25, 0.3) is 10.9 Å². The van der Waals surface area contributed by atoms with E-state index in [9.17, 15) is 4.79 Å². The van der Waals surface area contributed by atoms with Crippen molar-refractivity contribution in [1.82, 2.24) is 20.1 Å². The maximum absolute atomic E-state index is 12.5. The second kappa shape index (κ2) is 4.40. The van der Waals surface area contributed by atoms with Gasteiger partial charge in [-0.3, -0.25) is 14.9 Å². The van der Waals surface area contributed by atoms with Crippen LogP contribution >= 0.6 is 0 Å². The van der Waals surface area contributed by atoms with Crippen LogP contribution in [0.1, 0.15) is 38.2 Å². The van der Waals surface area contributed by atoms with E-state index in [-0.39, 0.29) is 11.4 Å². The first kappa shape index (κ1) is 12.5. The Morgan fingerprint density at radius 2 is 2.17 bits per heavy atom. The third-order valence-electron chi connectivity index (χ3n) is 2.94. The molecule has 0 saturated carbocycles. The quantitative estimate of drug-likeness (QED) is 0.883. The lowest BCUT2D eigenvalue weighted by atomic mass is 10.1. The van der Waals surface area contributed by atoms with E-state index < -0.39 is 0 Å². The number of nitrogens with one attached hydrogen (secondary N) is 1. The third kappa shape index (κ3) is 2.08.